The summed E-state index contributed by atoms with van der Waals surface area (Å²) in [7, 11) is -3.97. The van der Waals surface area contributed by atoms with Crippen LogP contribution in [0, 0.1) is 5.82 Å². The van der Waals surface area contributed by atoms with Crippen LogP contribution in [0.4, 0.5) is 10.1 Å². The van der Waals surface area contributed by atoms with Gasteiger partial charge >= 0.3 is 0 Å². The second kappa shape index (κ2) is 9.66. The molecule has 4 rings (SSSR count). The van der Waals surface area contributed by atoms with Gasteiger partial charge in [-0.05, 0) is 67.1 Å². The van der Waals surface area contributed by atoms with Crippen LogP contribution >= 0.6 is 11.6 Å². The Kier molecular flexibility index (Phi) is 6.67. The number of imidazole rings is 1. The molecule has 2 N–H and O–H groups in total. The maximum absolute atomic E-state index is 13.3. The summed E-state index contributed by atoms with van der Waals surface area (Å²) in [6, 6.07) is 16.6. The first kappa shape index (κ1) is 23.5. The minimum atomic E-state index is -3.97. The van der Waals surface area contributed by atoms with Crippen molar-refractivity contribution in [3.05, 3.63) is 107 Å². The van der Waals surface area contributed by atoms with E-state index in [0.717, 1.165) is 29.4 Å². The normalized spacial score (nSPS) is 12.2. The molecule has 7 nitrogen and oxygen atoms in total. The Labute approximate surface area is 201 Å². The van der Waals surface area contributed by atoms with E-state index in [1.807, 2.05) is 42.0 Å². The van der Waals surface area contributed by atoms with Crippen molar-refractivity contribution in [2.45, 2.75) is 17.9 Å². The smallest absolute Gasteiger partial charge is 0.261 e. The summed E-state index contributed by atoms with van der Waals surface area (Å²) in [5.41, 5.74) is 2.51. The second-order valence-corrected chi connectivity index (χ2v) is 9.61. The fourth-order valence-electron chi connectivity index (χ4n) is 3.26. The van der Waals surface area contributed by atoms with Gasteiger partial charge in [0, 0.05) is 29.3 Å². The second-order valence-electron chi connectivity index (χ2n) is 7.52. The molecule has 1 aromatic heterocycles. The highest BCUT2D eigenvalue weighted by molar-refractivity contribution is 7.92. The Morgan fingerprint density at radius 2 is 1.76 bits per heavy atom. The molecule has 0 fully saturated rings. The number of anilines is 1. The number of nitrogens with one attached hydrogen (secondary N) is 2. The van der Waals surface area contributed by atoms with Gasteiger partial charge in [-0.2, -0.15) is 0 Å². The highest BCUT2D eigenvalue weighted by Gasteiger charge is 2.17. The molecule has 0 spiro atoms. The summed E-state index contributed by atoms with van der Waals surface area (Å²) in [4.78, 5) is 16.5. The number of sulfonamides is 1. The van der Waals surface area contributed by atoms with Gasteiger partial charge in [0.15, 0.2) is 0 Å². The average Bonchev–Trinajstić information content (AvgIpc) is 3.36. The van der Waals surface area contributed by atoms with Gasteiger partial charge < -0.3 is 9.88 Å². The molecule has 34 heavy (non-hydrogen) atoms. The Morgan fingerprint density at radius 3 is 2.38 bits per heavy atom. The van der Waals surface area contributed by atoms with Gasteiger partial charge in [-0.25, -0.2) is 17.8 Å². The molecule has 0 saturated carbocycles. The molecular weight excluding hydrogens is 479 g/mol. The number of aromatic nitrogens is 2. The maximum atomic E-state index is 13.3. The Balaban J connectivity index is 1.40. The molecule has 0 aliphatic rings. The fourth-order valence-corrected chi connectivity index (χ4v) is 4.59. The van der Waals surface area contributed by atoms with Gasteiger partial charge in [-0.15, -0.1) is 0 Å². The molecule has 0 unspecified atom stereocenters. The summed E-state index contributed by atoms with van der Waals surface area (Å²) < 4.78 is 42.6. The zero-order chi connectivity index (χ0) is 24.3. The highest BCUT2D eigenvalue weighted by atomic mass is 35.5. The topological polar surface area (TPSA) is 93.1 Å². The lowest BCUT2D eigenvalue weighted by atomic mass is 10.1. The Hall–Kier alpha value is -3.69. The van der Waals surface area contributed by atoms with E-state index in [1.165, 1.54) is 24.3 Å². The van der Waals surface area contributed by atoms with Crippen LogP contribution in [0.25, 0.3) is 5.69 Å². The van der Waals surface area contributed by atoms with E-state index in [-0.39, 0.29) is 27.6 Å². The Morgan fingerprint density at radius 1 is 1.06 bits per heavy atom. The lowest BCUT2D eigenvalue weighted by Gasteiger charge is -2.15. The van der Waals surface area contributed by atoms with Crippen LogP contribution in [0.2, 0.25) is 5.02 Å². The van der Waals surface area contributed by atoms with E-state index >= 15 is 0 Å². The van der Waals surface area contributed by atoms with Crippen LogP contribution in [0.1, 0.15) is 28.9 Å². The third-order valence-electron chi connectivity index (χ3n) is 5.14. The monoisotopic (exact) mass is 498 g/mol. The van der Waals surface area contributed by atoms with Crippen molar-refractivity contribution in [1.29, 1.82) is 0 Å². The largest absolute Gasteiger partial charge is 0.346 e. The first-order chi connectivity index (χ1) is 16.2. The molecule has 1 amide bonds. The first-order valence-electron chi connectivity index (χ1n) is 10.2. The number of hydrogen-bond acceptors (Lipinski definition) is 4. The summed E-state index contributed by atoms with van der Waals surface area (Å²) in [5.74, 6) is -1.01. The maximum Gasteiger partial charge on any atom is 0.261 e. The molecule has 0 saturated heterocycles. The minimum Gasteiger partial charge on any atom is -0.346 e. The molecule has 10 heteroatoms. The molecule has 0 aliphatic heterocycles. The SMILES string of the molecule is C[C@H](NC(=O)c1ccc(NS(=O)(=O)c2ccc(F)c(Cl)c2)cc1)c1ccc(-n2ccnc2)cc1. The van der Waals surface area contributed by atoms with Gasteiger partial charge in [0.05, 0.1) is 22.3 Å². The summed E-state index contributed by atoms with van der Waals surface area (Å²) in [6.45, 7) is 1.88. The van der Waals surface area contributed by atoms with Crippen LogP contribution in [0.3, 0.4) is 0 Å². The highest BCUT2D eigenvalue weighted by Crippen LogP contribution is 2.22. The molecule has 174 valence electrons. The molecule has 3 aromatic carbocycles. The van der Waals surface area contributed by atoms with E-state index in [9.17, 15) is 17.6 Å². The number of hydrogen-bond donors (Lipinski definition) is 2. The van der Waals surface area contributed by atoms with Crippen LogP contribution in [-0.4, -0.2) is 23.9 Å². The van der Waals surface area contributed by atoms with E-state index in [4.69, 9.17) is 11.6 Å². The predicted molar refractivity (Wildman–Crippen MR) is 128 cm³/mol. The lowest BCUT2D eigenvalue weighted by molar-refractivity contribution is 0.0940. The molecule has 1 heterocycles. The molecule has 4 aromatic rings. The van der Waals surface area contributed by atoms with Crippen molar-refractivity contribution in [2.75, 3.05) is 4.72 Å². The number of amides is 1. The van der Waals surface area contributed by atoms with Gasteiger partial charge in [0.2, 0.25) is 0 Å². The van der Waals surface area contributed by atoms with Gasteiger partial charge in [0.25, 0.3) is 15.9 Å². The van der Waals surface area contributed by atoms with Crippen molar-refractivity contribution in [3.63, 3.8) is 0 Å². The van der Waals surface area contributed by atoms with Crippen molar-refractivity contribution < 1.29 is 17.6 Å². The van der Waals surface area contributed by atoms with Gasteiger partial charge in [-0.1, -0.05) is 23.7 Å². The van der Waals surface area contributed by atoms with Crippen LogP contribution in [0.5, 0.6) is 0 Å². The quantitative estimate of drug-likeness (QED) is 0.377. The summed E-state index contributed by atoms with van der Waals surface area (Å²) in [6.07, 6.45) is 5.25. The third-order valence-corrected chi connectivity index (χ3v) is 6.81. The number of carbonyl (C=O) groups excluding carboxylic acids is 1. The summed E-state index contributed by atoms with van der Waals surface area (Å²) in [5, 5.41) is 2.63. The van der Waals surface area contributed by atoms with E-state index < -0.39 is 15.8 Å². The average molecular weight is 499 g/mol. The van der Waals surface area contributed by atoms with E-state index in [0.29, 0.717) is 5.56 Å². The van der Waals surface area contributed by atoms with Crippen molar-refractivity contribution in [1.82, 2.24) is 14.9 Å². The molecular formula is C24H20ClFN4O3S. The molecule has 1 atom stereocenters. The first-order valence-corrected chi connectivity index (χ1v) is 12.1. The number of nitrogens with zero attached hydrogens (tertiary/aromatic N) is 2. The third kappa shape index (κ3) is 5.27. The molecule has 0 bridgehead atoms. The van der Waals surface area contributed by atoms with Crippen LogP contribution in [-0.2, 0) is 10.0 Å². The zero-order valence-corrected chi connectivity index (χ0v) is 19.5. The Bertz CT molecular complexity index is 1410. The number of carbonyl (C=O) groups is 1. The van der Waals surface area contributed by atoms with Gasteiger partial charge in [-0.3, -0.25) is 9.52 Å². The number of halogens is 2. The number of rotatable bonds is 7. The zero-order valence-electron chi connectivity index (χ0n) is 17.9. The molecule has 0 radical (unpaired) electrons. The van der Waals surface area contributed by atoms with Crippen LogP contribution < -0.4 is 10.0 Å². The van der Waals surface area contributed by atoms with Crippen LogP contribution in [0.15, 0.2) is 90.3 Å². The van der Waals surface area contributed by atoms with E-state index in [2.05, 4.69) is 15.0 Å². The minimum absolute atomic E-state index is 0.173. The van der Waals surface area contributed by atoms with Crippen molar-refractivity contribution >= 4 is 33.2 Å². The van der Waals surface area contributed by atoms with Gasteiger partial charge in [0.1, 0.15) is 5.82 Å². The fraction of sp³-hybridized carbons (Fsp3) is 0.0833. The molecule has 0 aliphatic carbocycles. The van der Waals surface area contributed by atoms with Crippen molar-refractivity contribution in [2.24, 2.45) is 0 Å². The lowest BCUT2D eigenvalue weighted by Crippen LogP contribution is -2.26. The summed E-state index contributed by atoms with van der Waals surface area (Å²) >= 11 is 5.68. The predicted octanol–water partition coefficient (Wildman–Crippen LogP) is 4.96. The number of benzene rings is 3. The van der Waals surface area contributed by atoms with E-state index in [1.54, 1.807) is 12.5 Å². The standard InChI is InChI=1S/C24H20ClFN4O3S/c1-16(17-4-8-20(9-5-17)30-13-12-27-15-30)28-24(31)18-2-6-19(7-3-18)29-34(32,33)21-10-11-23(26)22(25)14-21/h2-16,29H,1H3,(H,28,31)/t16-/m0/s1. The van der Waals surface area contributed by atoms with Crippen molar-refractivity contribution in [3.8, 4) is 5.69 Å².